The predicted molar refractivity (Wildman–Crippen MR) is 88.2 cm³/mol. The Morgan fingerprint density at radius 3 is 2.76 bits per heavy atom. The number of fused-ring (bicyclic) bond motifs is 1. The van der Waals surface area contributed by atoms with E-state index in [1.165, 1.54) is 6.33 Å². The van der Waals surface area contributed by atoms with Crippen LogP contribution in [0.5, 0.6) is 0 Å². The third-order valence-corrected chi connectivity index (χ3v) is 3.64. The summed E-state index contributed by atoms with van der Waals surface area (Å²) in [5, 5.41) is 13.8. The Morgan fingerprint density at radius 1 is 1.08 bits per heavy atom. The van der Waals surface area contributed by atoms with Gasteiger partial charge >= 0.3 is 0 Å². The number of anilines is 1. The molecular weight excluding hydrogens is 322 g/mol. The van der Waals surface area contributed by atoms with Crippen molar-refractivity contribution in [2.24, 2.45) is 5.92 Å². The molecule has 1 atom stereocenters. The maximum Gasteiger partial charge on any atom is 0.249 e. The molecule has 126 valence electrons. The van der Waals surface area contributed by atoms with Crippen molar-refractivity contribution in [2.45, 2.75) is 19.9 Å². The van der Waals surface area contributed by atoms with Crippen molar-refractivity contribution in [3.05, 3.63) is 36.7 Å². The average Bonchev–Trinajstić information content (AvgIpc) is 3.30. The Hall–Kier alpha value is -3.43. The zero-order valence-electron chi connectivity index (χ0n) is 13.6. The van der Waals surface area contributed by atoms with Gasteiger partial charge in [0.15, 0.2) is 11.5 Å². The highest BCUT2D eigenvalue weighted by molar-refractivity contribution is 5.71. The molecule has 4 rings (SSSR count). The molecule has 0 aliphatic rings. The highest BCUT2D eigenvalue weighted by Gasteiger charge is 2.24. The van der Waals surface area contributed by atoms with E-state index >= 15 is 0 Å². The van der Waals surface area contributed by atoms with Gasteiger partial charge in [0.2, 0.25) is 11.7 Å². The minimum atomic E-state index is -0.217. The lowest BCUT2D eigenvalue weighted by Gasteiger charge is -2.19. The molecule has 4 heterocycles. The van der Waals surface area contributed by atoms with Crippen LogP contribution < -0.4 is 5.32 Å². The van der Waals surface area contributed by atoms with Crippen LogP contribution in [0.4, 0.5) is 5.82 Å². The van der Waals surface area contributed by atoms with E-state index in [-0.39, 0.29) is 12.0 Å². The molecule has 4 aromatic rings. The first-order valence-corrected chi connectivity index (χ1v) is 7.74. The minimum Gasteiger partial charge on any atom is -0.358 e. The second kappa shape index (κ2) is 6.23. The van der Waals surface area contributed by atoms with Gasteiger partial charge in [-0.25, -0.2) is 15.0 Å². The van der Waals surface area contributed by atoms with Gasteiger partial charge in [-0.1, -0.05) is 19.0 Å². The van der Waals surface area contributed by atoms with Crippen LogP contribution in [0, 0.1) is 5.92 Å². The van der Waals surface area contributed by atoms with Crippen LogP contribution >= 0.6 is 0 Å². The van der Waals surface area contributed by atoms with Crippen molar-refractivity contribution < 1.29 is 4.52 Å². The number of hydrogen-bond donors (Lipinski definition) is 2. The fraction of sp³-hybridized carbons (Fsp3) is 0.267. The van der Waals surface area contributed by atoms with Crippen LogP contribution in [0.15, 0.2) is 35.4 Å². The molecule has 0 radical (unpaired) electrons. The van der Waals surface area contributed by atoms with Crippen LogP contribution in [-0.2, 0) is 0 Å². The lowest BCUT2D eigenvalue weighted by atomic mass is 10.0. The molecule has 0 saturated heterocycles. The molecule has 0 fully saturated rings. The van der Waals surface area contributed by atoms with Crippen LogP contribution in [0.1, 0.15) is 25.8 Å². The second-order valence-electron chi connectivity index (χ2n) is 5.75. The lowest BCUT2D eigenvalue weighted by molar-refractivity contribution is 0.335. The molecule has 25 heavy (non-hydrogen) atoms. The Labute approximate surface area is 142 Å². The fourth-order valence-electron chi connectivity index (χ4n) is 2.38. The number of aromatic nitrogens is 8. The largest absolute Gasteiger partial charge is 0.358 e. The highest BCUT2D eigenvalue weighted by Crippen LogP contribution is 2.26. The van der Waals surface area contributed by atoms with Gasteiger partial charge in [-0.2, -0.15) is 10.1 Å². The van der Waals surface area contributed by atoms with Crippen molar-refractivity contribution in [1.29, 1.82) is 0 Å². The van der Waals surface area contributed by atoms with Gasteiger partial charge < -0.3 is 9.84 Å². The van der Waals surface area contributed by atoms with Gasteiger partial charge in [0.05, 0.1) is 0 Å². The van der Waals surface area contributed by atoms with Crippen LogP contribution in [0.25, 0.3) is 22.8 Å². The maximum atomic E-state index is 5.40. The molecule has 0 aliphatic carbocycles. The number of pyridine rings is 1. The summed E-state index contributed by atoms with van der Waals surface area (Å²) >= 11 is 0. The van der Waals surface area contributed by atoms with Crippen LogP contribution in [0.3, 0.4) is 0 Å². The summed E-state index contributed by atoms with van der Waals surface area (Å²) in [5.74, 6) is 2.10. The zero-order valence-corrected chi connectivity index (χ0v) is 13.6. The predicted octanol–water partition coefficient (Wildman–Crippen LogP) is 2.00. The van der Waals surface area contributed by atoms with Crippen molar-refractivity contribution in [3.8, 4) is 11.6 Å². The Kier molecular flexibility index (Phi) is 3.77. The zero-order chi connectivity index (χ0) is 17.2. The first kappa shape index (κ1) is 15.1. The summed E-state index contributed by atoms with van der Waals surface area (Å²) < 4.78 is 5.40. The summed E-state index contributed by atoms with van der Waals surface area (Å²) in [4.78, 5) is 21.3. The topological polar surface area (TPSA) is 131 Å². The normalized spacial score (nSPS) is 12.6. The fourth-order valence-corrected chi connectivity index (χ4v) is 2.38. The molecular formula is C15H15N9O. The van der Waals surface area contributed by atoms with E-state index in [4.69, 9.17) is 4.52 Å². The molecule has 0 spiro atoms. The average molecular weight is 337 g/mol. The molecule has 10 nitrogen and oxygen atoms in total. The van der Waals surface area contributed by atoms with Crippen molar-refractivity contribution >= 4 is 17.0 Å². The summed E-state index contributed by atoms with van der Waals surface area (Å²) in [6.45, 7) is 4.10. The molecule has 0 bridgehead atoms. The Bertz CT molecular complexity index is 980. The van der Waals surface area contributed by atoms with Crippen LogP contribution in [-0.4, -0.2) is 40.3 Å². The number of rotatable bonds is 5. The van der Waals surface area contributed by atoms with Gasteiger partial charge in [0.25, 0.3) is 0 Å². The maximum absolute atomic E-state index is 5.40. The van der Waals surface area contributed by atoms with Gasteiger partial charge in [-0.15, -0.1) is 0 Å². The van der Waals surface area contributed by atoms with E-state index in [0.717, 1.165) is 5.52 Å². The van der Waals surface area contributed by atoms with Crippen molar-refractivity contribution in [3.63, 3.8) is 0 Å². The van der Waals surface area contributed by atoms with E-state index < -0.39 is 0 Å². The highest BCUT2D eigenvalue weighted by atomic mass is 16.5. The smallest absolute Gasteiger partial charge is 0.249 e. The first-order valence-electron chi connectivity index (χ1n) is 7.74. The Morgan fingerprint density at radius 2 is 1.96 bits per heavy atom. The third kappa shape index (κ3) is 3.01. The monoisotopic (exact) mass is 337 g/mol. The summed E-state index contributed by atoms with van der Waals surface area (Å²) in [6.07, 6.45) is 4.64. The summed E-state index contributed by atoms with van der Waals surface area (Å²) in [6, 6.07) is 3.49. The van der Waals surface area contributed by atoms with Gasteiger partial charge in [-0.3, -0.25) is 10.1 Å². The van der Waals surface area contributed by atoms with E-state index in [0.29, 0.717) is 29.0 Å². The van der Waals surface area contributed by atoms with E-state index in [9.17, 15) is 0 Å². The number of H-pyrrole nitrogens is 1. The van der Waals surface area contributed by atoms with E-state index in [2.05, 4.69) is 59.4 Å². The van der Waals surface area contributed by atoms with E-state index in [1.807, 2.05) is 12.1 Å². The number of aromatic amines is 1. The molecule has 2 N–H and O–H groups in total. The molecule has 10 heteroatoms. The molecule has 0 aromatic carbocycles. The van der Waals surface area contributed by atoms with Crippen molar-refractivity contribution in [2.75, 3.05) is 5.32 Å². The molecule has 0 saturated carbocycles. The van der Waals surface area contributed by atoms with Gasteiger partial charge in [0, 0.05) is 12.4 Å². The van der Waals surface area contributed by atoms with Gasteiger partial charge in [-0.05, 0) is 18.1 Å². The first-order chi connectivity index (χ1) is 12.2. The molecule has 4 aromatic heterocycles. The minimum absolute atomic E-state index is 0.183. The third-order valence-electron chi connectivity index (χ3n) is 3.64. The summed E-state index contributed by atoms with van der Waals surface area (Å²) in [5.41, 5.74) is 1.31. The van der Waals surface area contributed by atoms with Crippen molar-refractivity contribution in [1.82, 2.24) is 40.3 Å². The van der Waals surface area contributed by atoms with E-state index in [1.54, 1.807) is 12.4 Å². The van der Waals surface area contributed by atoms with Gasteiger partial charge in [0.1, 0.15) is 23.7 Å². The molecule has 1 unspecified atom stereocenters. The lowest BCUT2D eigenvalue weighted by Crippen LogP contribution is -2.18. The number of nitrogens with one attached hydrogen (secondary N) is 2. The quantitative estimate of drug-likeness (QED) is 0.561. The number of hydrogen-bond acceptors (Lipinski definition) is 9. The summed E-state index contributed by atoms with van der Waals surface area (Å²) in [7, 11) is 0. The standard InChI is InChI=1S/C15H15N9O/c1-8(2)11(15-22-14(24-25-15)13-18-7-19-23-13)20-10-4-3-9-12(21-10)17-6-5-16-9/h3-8,11H,1-2H3,(H,17,20,21)(H,18,19,23). The molecule has 0 aliphatic heterocycles. The number of nitrogens with zero attached hydrogens (tertiary/aromatic N) is 7. The Balaban J connectivity index is 1.62. The van der Waals surface area contributed by atoms with Crippen LogP contribution in [0.2, 0.25) is 0 Å². The second-order valence-corrected chi connectivity index (χ2v) is 5.75. The SMILES string of the molecule is CC(C)C(Nc1ccc2nccnc2n1)c1nc(-c2ncn[nH]2)no1. The molecule has 0 amide bonds.